The Morgan fingerprint density at radius 3 is 2.68 bits per heavy atom. The van der Waals surface area contributed by atoms with E-state index in [0.717, 1.165) is 10.8 Å². The van der Waals surface area contributed by atoms with Crippen molar-refractivity contribution in [2.24, 2.45) is 0 Å². The maximum atomic E-state index is 13.7. The third kappa shape index (κ3) is 2.31. The molecule has 0 aliphatic carbocycles. The molecule has 0 bridgehead atoms. The van der Waals surface area contributed by atoms with E-state index in [0.29, 0.717) is 5.56 Å². The summed E-state index contributed by atoms with van der Waals surface area (Å²) in [5.74, 6) is -0.452. The molecule has 1 atom stereocenters. The number of rotatable bonds is 2. The number of benzene rings is 1. The summed E-state index contributed by atoms with van der Waals surface area (Å²) in [4.78, 5) is 25.0. The summed E-state index contributed by atoms with van der Waals surface area (Å²) < 4.78 is 14.8. The first-order valence-electron chi connectivity index (χ1n) is 5.54. The highest BCUT2D eigenvalue weighted by atomic mass is 19.1. The molecule has 6 heteroatoms. The first-order chi connectivity index (χ1) is 9.04. The molecule has 1 aromatic carbocycles. The molecule has 96 valence electrons. The zero-order chi connectivity index (χ0) is 14.0. The summed E-state index contributed by atoms with van der Waals surface area (Å²) in [6, 6.07) is 7.08. The summed E-state index contributed by atoms with van der Waals surface area (Å²) >= 11 is 0. The second-order valence-electron chi connectivity index (χ2n) is 4.02. The Bertz CT molecular complexity index is 770. The summed E-state index contributed by atoms with van der Waals surface area (Å²) in [5.41, 5.74) is -1.31. The summed E-state index contributed by atoms with van der Waals surface area (Å²) in [6.07, 6.45) is 1.14. The number of aromatic nitrogens is 2. The van der Waals surface area contributed by atoms with Crippen LogP contribution in [0.15, 0.2) is 40.1 Å². The van der Waals surface area contributed by atoms with Gasteiger partial charge in [-0.2, -0.15) is 5.26 Å². The van der Waals surface area contributed by atoms with E-state index in [2.05, 4.69) is 0 Å². The van der Waals surface area contributed by atoms with Crippen LogP contribution in [-0.4, -0.2) is 9.55 Å². The second-order valence-corrected chi connectivity index (χ2v) is 4.02. The van der Waals surface area contributed by atoms with Gasteiger partial charge in [0.15, 0.2) is 0 Å². The molecule has 1 N–H and O–H groups in total. The van der Waals surface area contributed by atoms with E-state index >= 15 is 0 Å². The minimum atomic E-state index is -0.746. The molecule has 1 heterocycles. The third-order valence-electron chi connectivity index (χ3n) is 2.86. The number of hydrogen-bond donors (Lipinski definition) is 1. The van der Waals surface area contributed by atoms with Crippen molar-refractivity contribution in [2.45, 2.75) is 13.0 Å². The maximum Gasteiger partial charge on any atom is 0.328 e. The maximum absolute atomic E-state index is 13.7. The molecule has 2 rings (SSSR count). The zero-order valence-electron chi connectivity index (χ0n) is 10.1. The van der Waals surface area contributed by atoms with Crippen LogP contribution in [0.25, 0.3) is 0 Å². The Hall–Kier alpha value is -2.68. The number of hydrogen-bond acceptors (Lipinski definition) is 3. The molecule has 5 nitrogen and oxygen atoms in total. The van der Waals surface area contributed by atoms with Gasteiger partial charge in [-0.15, -0.1) is 0 Å². The van der Waals surface area contributed by atoms with Gasteiger partial charge in [-0.25, -0.2) is 9.18 Å². The number of H-pyrrole nitrogens is 1. The van der Waals surface area contributed by atoms with Gasteiger partial charge in [0, 0.05) is 11.8 Å². The molecule has 0 saturated carbocycles. The molecule has 2 aromatic rings. The highest BCUT2D eigenvalue weighted by Gasteiger charge is 2.15. The van der Waals surface area contributed by atoms with Crippen molar-refractivity contribution in [3.8, 4) is 6.07 Å². The molecular weight excluding hydrogens is 249 g/mol. The topological polar surface area (TPSA) is 78.7 Å². The van der Waals surface area contributed by atoms with Crippen molar-refractivity contribution in [1.82, 2.24) is 9.55 Å². The van der Waals surface area contributed by atoms with Crippen LogP contribution in [-0.2, 0) is 0 Å². The van der Waals surface area contributed by atoms with Gasteiger partial charge in [0.2, 0.25) is 0 Å². The number of nitriles is 1. The highest BCUT2D eigenvalue weighted by Crippen LogP contribution is 2.18. The Balaban J connectivity index is 2.60. The van der Waals surface area contributed by atoms with Gasteiger partial charge in [-0.05, 0) is 13.0 Å². The lowest BCUT2D eigenvalue weighted by molar-refractivity contribution is 0.538. The lowest BCUT2D eigenvalue weighted by Crippen LogP contribution is -2.33. The molecule has 0 spiro atoms. The van der Waals surface area contributed by atoms with Crippen molar-refractivity contribution in [3.05, 3.63) is 68.2 Å². The van der Waals surface area contributed by atoms with Crippen LogP contribution in [0, 0.1) is 17.1 Å². The SMILES string of the molecule is CC(c1ccccc1F)n1cc(C#N)c(=O)[nH]c1=O. The largest absolute Gasteiger partial charge is 0.328 e. The fraction of sp³-hybridized carbons (Fsp3) is 0.154. The first-order valence-corrected chi connectivity index (χ1v) is 5.54. The first kappa shape index (κ1) is 12.8. The Morgan fingerprint density at radius 2 is 2.05 bits per heavy atom. The van der Waals surface area contributed by atoms with Gasteiger partial charge >= 0.3 is 5.69 Å². The van der Waals surface area contributed by atoms with Gasteiger partial charge in [0.25, 0.3) is 5.56 Å². The van der Waals surface area contributed by atoms with Crippen molar-refractivity contribution in [1.29, 1.82) is 5.26 Å². The molecule has 0 radical (unpaired) electrons. The lowest BCUT2D eigenvalue weighted by Gasteiger charge is -2.15. The van der Waals surface area contributed by atoms with Crippen LogP contribution in [0.5, 0.6) is 0 Å². The zero-order valence-corrected chi connectivity index (χ0v) is 10.1. The van der Waals surface area contributed by atoms with E-state index in [9.17, 15) is 14.0 Å². The Labute approximate surface area is 107 Å². The molecule has 19 heavy (non-hydrogen) atoms. The van der Waals surface area contributed by atoms with Crippen molar-refractivity contribution >= 4 is 0 Å². The number of halogens is 1. The van der Waals surface area contributed by atoms with Crippen LogP contribution >= 0.6 is 0 Å². The average Bonchev–Trinajstić information content (AvgIpc) is 2.39. The Morgan fingerprint density at radius 1 is 1.37 bits per heavy atom. The standard InChI is InChI=1S/C13H10FN3O2/c1-8(10-4-2-3-5-11(10)14)17-7-9(6-15)12(18)16-13(17)19/h2-5,7-8H,1H3,(H,16,18,19). The van der Waals surface area contributed by atoms with Crippen molar-refractivity contribution < 1.29 is 4.39 Å². The molecule has 0 aliphatic heterocycles. The molecular formula is C13H10FN3O2. The molecule has 0 amide bonds. The van der Waals surface area contributed by atoms with Crippen LogP contribution < -0.4 is 11.2 Å². The predicted octanol–water partition coefficient (Wildman–Crippen LogP) is 1.16. The van der Waals surface area contributed by atoms with E-state index in [1.807, 2.05) is 4.98 Å². The monoisotopic (exact) mass is 259 g/mol. The quantitative estimate of drug-likeness (QED) is 0.878. The van der Waals surface area contributed by atoms with Gasteiger partial charge in [0.05, 0.1) is 6.04 Å². The molecule has 0 fully saturated rings. The normalized spacial score (nSPS) is 11.8. The van der Waals surface area contributed by atoms with Crippen LogP contribution in [0.1, 0.15) is 24.1 Å². The van der Waals surface area contributed by atoms with Crippen LogP contribution in [0.3, 0.4) is 0 Å². The summed E-state index contributed by atoms with van der Waals surface area (Å²) in [6.45, 7) is 1.61. The van der Waals surface area contributed by atoms with Crippen molar-refractivity contribution in [2.75, 3.05) is 0 Å². The summed E-state index contributed by atoms with van der Waals surface area (Å²) in [7, 11) is 0. The number of nitrogens with one attached hydrogen (secondary N) is 1. The predicted molar refractivity (Wildman–Crippen MR) is 66.3 cm³/mol. The fourth-order valence-corrected chi connectivity index (χ4v) is 1.82. The minimum absolute atomic E-state index is 0.192. The fourth-order valence-electron chi connectivity index (χ4n) is 1.82. The third-order valence-corrected chi connectivity index (χ3v) is 2.86. The van der Waals surface area contributed by atoms with Crippen LogP contribution in [0.2, 0.25) is 0 Å². The Kier molecular flexibility index (Phi) is 3.29. The summed E-state index contributed by atoms with van der Waals surface area (Å²) in [5, 5.41) is 8.78. The molecule has 0 aliphatic rings. The minimum Gasteiger partial charge on any atom is -0.292 e. The lowest BCUT2D eigenvalue weighted by atomic mass is 10.1. The van der Waals surface area contributed by atoms with E-state index in [-0.39, 0.29) is 5.56 Å². The van der Waals surface area contributed by atoms with Gasteiger partial charge < -0.3 is 0 Å². The van der Waals surface area contributed by atoms with Gasteiger partial charge in [0.1, 0.15) is 17.4 Å². The van der Waals surface area contributed by atoms with Crippen molar-refractivity contribution in [3.63, 3.8) is 0 Å². The molecule has 1 unspecified atom stereocenters. The van der Waals surface area contributed by atoms with E-state index in [1.165, 1.54) is 6.07 Å². The second kappa shape index (κ2) is 4.90. The smallest absolute Gasteiger partial charge is 0.292 e. The highest BCUT2D eigenvalue weighted by molar-refractivity contribution is 5.25. The van der Waals surface area contributed by atoms with E-state index < -0.39 is 23.1 Å². The van der Waals surface area contributed by atoms with Gasteiger partial charge in [-0.1, -0.05) is 18.2 Å². The number of nitrogens with zero attached hydrogens (tertiary/aromatic N) is 2. The average molecular weight is 259 g/mol. The van der Waals surface area contributed by atoms with E-state index in [4.69, 9.17) is 5.26 Å². The molecule has 1 aromatic heterocycles. The molecule has 0 saturated heterocycles. The number of aromatic amines is 1. The van der Waals surface area contributed by atoms with Gasteiger partial charge in [-0.3, -0.25) is 14.3 Å². The van der Waals surface area contributed by atoms with Crippen LogP contribution in [0.4, 0.5) is 4.39 Å². The van der Waals surface area contributed by atoms with E-state index in [1.54, 1.807) is 31.2 Å².